The maximum absolute atomic E-state index is 9.17. The number of aromatic nitrogens is 3. The molecule has 0 saturated heterocycles. The number of pyridine rings is 2. The predicted molar refractivity (Wildman–Crippen MR) is 217 cm³/mol. The zero-order chi connectivity index (χ0) is 40.8. The molecule has 0 bridgehead atoms. The molecule has 0 unspecified atom stereocenters. The van der Waals surface area contributed by atoms with E-state index in [-0.39, 0.29) is 67.2 Å². The summed E-state index contributed by atoms with van der Waals surface area (Å²) in [5.74, 6) is 1.62. The summed E-state index contributed by atoms with van der Waals surface area (Å²) in [5.41, 5.74) is 6.21. The topological polar surface area (TPSA) is 46.0 Å². The number of ether oxygens (including phenoxy) is 1. The van der Waals surface area contributed by atoms with E-state index in [4.69, 9.17) is 15.2 Å². The standard InChI is InChI=1S/C47H45N5O.Pt/c1-45(2,3)31-22-25-49-43(26-31)52-41-28-34(20-21-35(41)36-23-24-48-29-42(36)52)53-33-15-12-14-32(27-33)50-30-51(40-19-11-10-18-39(40)50)44-37(46(4,5)6)16-13-17-38(44)47(7,8)9;/h10-26,29H,1-9H3;/q;+2/i10D,11D,18D,19D;. The van der Waals surface area contributed by atoms with Crippen molar-refractivity contribution in [2.75, 3.05) is 0 Å². The first kappa shape index (κ1) is 32.3. The van der Waals surface area contributed by atoms with Crippen molar-refractivity contribution in [3.8, 4) is 17.3 Å². The predicted octanol–water partition coefficient (Wildman–Crippen LogP) is 11.7. The van der Waals surface area contributed by atoms with Gasteiger partial charge in [-0.1, -0.05) is 115 Å². The van der Waals surface area contributed by atoms with E-state index in [1.807, 2.05) is 53.4 Å². The summed E-state index contributed by atoms with van der Waals surface area (Å²) < 4.78 is 47.7. The minimum Gasteiger partial charge on any atom is -0.509 e. The van der Waals surface area contributed by atoms with Crippen LogP contribution in [0.25, 0.3) is 27.6 Å². The molecule has 0 spiro atoms. The van der Waals surface area contributed by atoms with Crippen molar-refractivity contribution in [1.29, 1.82) is 0 Å². The molecule has 0 N–H and O–H groups in total. The van der Waals surface area contributed by atoms with Crippen molar-refractivity contribution < 1.29 is 31.3 Å². The van der Waals surface area contributed by atoms with Crippen LogP contribution in [0.1, 0.15) is 84.5 Å². The number of rotatable bonds is 5. The van der Waals surface area contributed by atoms with Crippen molar-refractivity contribution in [1.82, 2.24) is 23.7 Å². The Morgan fingerprint density at radius 2 is 1.39 bits per heavy atom. The Hall–Kier alpha value is -5.15. The van der Waals surface area contributed by atoms with Gasteiger partial charge in [-0.25, -0.2) is 4.98 Å². The quantitative estimate of drug-likeness (QED) is 0.128. The number of hydrogen-bond donors (Lipinski definition) is 0. The van der Waals surface area contributed by atoms with Gasteiger partial charge in [0.1, 0.15) is 11.5 Å². The molecule has 0 atom stereocenters. The van der Waals surface area contributed by atoms with Crippen molar-refractivity contribution in [2.45, 2.75) is 78.6 Å². The zero-order valence-electron chi connectivity index (χ0n) is 36.0. The number of nitrogens with zero attached hydrogens (tertiary/aromatic N) is 5. The van der Waals surface area contributed by atoms with Gasteiger partial charge >= 0.3 is 27.1 Å². The minimum absolute atomic E-state index is 0. The van der Waals surface area contributed by atoms with E-state index >= 15 is 0 Å². The van der Waals surface area contributed by atoms with E-state index in [1.54, 1.807) is 16.8 Å². The average Bonchev–Trinajstić information content (AvgIpc) is 3.72. The molecule has 1 aliphatic heterocycles. The molecule has 0 radical (unpaired) electrons. The van der Waals surface area contributed by atoms with Gasteiger partial charge in [-0.2, -0.15) is 12.1 Å². The smallest absolute Gasteiger partial charge is 0.509 e. The second kappa shape index (κ2) is 13.6. The average molecular weight is 895 g/mol. The van der Waals surface area contributed by atoms with Crippen molar-refractivity contribution in [3.63, 3.8) is 0 Å². The SMILES string of the molecule is [2H]c1c([2H])c([2H])c2c(c1[2H])[N+](c1[c-]c(Oc3[c-]c4c(cc3)c3ccncc3n4-c3cc(C(C)(C)C)ccn3)ccc1)=C=[N+]2c1c(C(C)(C)C)cccc1C(C)(C)C.[Pt+2]. The Kier molecular flexibility index (Phi) is 8.14. The summed E-state index contributed by atoms with van der Waals surface area (Å²) in [4.78, 5) is 9.21. The number of hydrogen-bond acceptors (Lipinski definition) is 3. The summed E-state index contributed by atoms with van der Waals surface area (Å²) in [6.45, 7) is 19.4. The fourth-order valence-corrected chi connectivity index (χ4v) is 6.97. The molecule has 4 aromatic carbocycles. The molecule has 4 heterocycles. The van der Waals surface area contributed by atoms with E-state index in [0.29, 0.717) is 22.9 Å². The molecule has 8 rings (SSSR count). The number of benzene rings is 4. The molecule has 1 aliphatic rings. The third-order valence-corrected chi connectivity index (χ3v) is 9.68. The van der Waals surface area contributed by atoms with Gasteiger partial charge in [-0.05, 0) is 50.0 Å². The van der Waals surface area contributed by atoms with Crippen LogP contribution in [0.2, 0.25) is 0 Å². The van der Waals surface area contributed by atoms with Gasteiger partial charge in [0.05, 0.1) is 17.2 Å². The zero-order valence-corrected chi connectivity index (χ0v) is 34.3. The fraction of sp³-hybridized carbons (Fsp3) is 0.255. The molecule has 7 heteroatoms. The third kappa shape index (κ3) is 6.63. The maximum atomic E-state index is 9.17. The molecule has 6 nitrogen and oxygen atoms in total. The number of para-hydroxylation sites is 3. The molecule has 7 aromatic rings. The summed E-state index contributed by atoms with van der Waals surface area (Å²) in [5, 5.41) is 2.01. The van der Waals surface area contributed by atoms with Gasteiger partial charge < -0.3 is 9.30 Å². The van der Waals surface area contributed by atoms with Gasteiger partial charge in [0.25, 0.3) is 11.4 Å². The molecule has 54 heavy (non-hydrogen) atoms. The second-order valence-corrected chi connectivity index (χ2v) is 16.6. The van der Waals surface area contributed by atoms with Crippen LogP contribution in [0.4, 0.5) is 22.7 Å². The Bertz CT molecular complexity index is 2840. The van der Waals surface area contributed by atoms with Crippen LogP contribution in [-0.4, -0.2) is 20.5 Å². The first-order chi connectivity index (χ1) is 26.8. The van der Waals surface area contributed by atoms with Gasteiger partial charge in [-0.15, -0.1) is 23.6 Å². The Morgan fingerprint density at radius 3 is 2.07 bits per heavy atom. The largest absolute Gasteiger partial charge is 2.00 e. The van der Waals surface area contributed by atoms with Gasteiger partial charge in [0.15, 0.2) is 0 Å². The normalized spacial score (nSPS) is 14.1. The van der Waals surface area contributed by atoms with Crippen LogP contribution in [-0.2, 0) is 37.3 Å². The molecule has 3 aromatic heterocycles. The first-order valence-corrected chi connectivity index (χ1v) is 17.9. The van der Waals surface area contributed by atoms with E-state index in [2.05, 4.69) is 114 Å². The van der Waals surface area contributed by atoms with E-state index in [9.17, 15) is 0 Å². The van der Waals surface area contributed by atoms with Crippen LogP contribution in [0.15, 0.2) is 109 Å². The Balaban J connectivity index is 0.00000512. The van der Waals surface area contributed by atoms with Crippen LogP contribution in [0, 0.1) is 12.1 Å². The fourth-order valence-electron chi connectivity index (χ4n) is 6.97. The summed E-state index contributed by atoms with van der Waals surface area (Å²) >= 11 is 0. The van der Waals surface area contributed by atoms with E-state index in [1.165, 1.54) is 0 Å². The van der Waals surface area contributed by atoms with Crippen LogP contribution in [0.3, 0.4) is 0 Å². The molecular weight excluding hydrogens is 846 g/mol. The molecule has 0 aliphatic carbocycles. The van der Waals surface area contributed by atoms with Crippen LogP contribution >= 0.6 is 0 Å². The van der Waals surface area contributed by atoms with Crippen LogP contribution < -0.4 is 13.9 Å². The summed E-state index contributed by atoms with van der Waals surface area (Å²) in [6, 6.07) is 31.1. The molecular formula is C47H45N5OPt+2. The van der Waals surface area contributed by atoms with Crippen molar-refractivity contribution >= 4 is 50.6 Å². The number of fused-ring (bicyclic) bond motifs is 4. The molecule has 0 fully saturated rings. The Labute approximate surface area is 338 Å². The molecule has 0 saturated carbocycles. The van der Waals surface area contributed by atoms with Gasteiger partial charge in [-0.3, -0.25) is 4.98 Å². The second-order valence-electron chi connectivity index (χ2n) is 16.6. The van der Waals surface area contributed by atoms with E-state index in [0.717, 1.165) is 50.0 Å². The van der Waals surface area contributed by atoms with Crippen LogP contribution in [0.5, 0.6) is 11.5 Å². The van der Waals surface area contributed by atoms with E-state index < -0.39 is 0 Å². The van der Waals surface area contributed by atoms with Gasteiger partial charge in [0, 0.05) is 47.1 Å². The first-order valence-electron chi connectivity index (χ1n) is 19.9. The van der Waals surface area contributed by atoms with Crippen molar-refractivity contribution in [3.05, 3.63) is 138 Å². The maximum Gasteiger partial charge on any atom is 2.00 e. The van der Waals surface area contributed by atoms with Crippen molar-refractivity contribution in [2.24, 2.45) is 0 Å². The third-order valence-electron chi connectivity index (χ3n) is 9.68. The van der Waals surface area contributed by atoms with Gasteiger partial charge in [0.2, 0.25) is 5.69 Å². The summed E-state index contributed by atoms with van der Waals surface area (Å²) in [7, 11) is 0. The summed E-state index contributed by atoms with van der Waals surface area (Å²) in [6.07, 6.45) is 5.46. The minimum atomic E-state index is -0.323. The molecule has 272 valence electrons. The molecule has 0 amide bonds. The Morgan fingerprint density at radius 1 is 0.722 bits per heavy atom. The monoisotopic (exact) mass is 894 g/mol.